The van der Waals surface area contributed by atoms with Gasteiger partial charge in [-0.1, -0.05) is 431 Å². The molecule has 0 saturated heterocycles. The number of carbonyl (C=O) groups is 2. The zero-order chi connectivity index (χ0) is 61.3. The second-order valence-corrected chi connectivity index (χ2v) is 27.8. The first-order valence-corrected chi connectivity index (χ1v) is 39.8. The van der Waals surface area contributed by atoms with Crippen molar-refractivity contribution < 1.29 is 24.5 Å². The van der Waals surface area contributed by atoms with E-state index in [1.165, 1.54) is 398 Å². The van der Waals surface area contributed by atoms with E-state index < -0.39 is 12.1 Å². The minimum atomic E-state index is -0.663. The lowest BCUT2D eigenvalue weighted by atomic mass is 10.0. The predicted molar refractivity (Wildman–Crippen MR) is 375 cm³/mol. The van der Waals surface area contributed by atoms with Gasteiger partial charge in [-0.2, -0.15) is 0 Å². The molecule has 6 nitrogen and oxygen atoms in total. The lowest BCUT2D eigenvalue weighted by molar-refractivity contribution is -0.143. The van der Waals surface area contributed by atoms with Crippen LogP contribution in [0.3, 0.4) is 0 Å². The Morgan fingerprint density at radius 2 is 0.482 bits per heavy atom. The largest absolute Gasteiger partial charge is 0.466 e. The van der Waals surface area contributed by atoms with E-state index in [9.17, 15) is 19.8 Å². The average molecular weight is 1200 g/mol. The van der Waals surface area contributed by atoms with Gasteiger partial charge >= 0.3 is 5.97 Å². The average Bonchev–Trinajstić information content (AvgIpc) is 3.51. The molecule has 0 aliphatic heterocycles. The van der Waals surface area contributed by atoms with Gasteiger partial charge in [0.2, 0.25) is 5.91 Å². The first-order chi connectivity index (χ1) is 42.0. The molecule has 0 rings (SSSR count). The maximum absolute atomic E-state index is 12.6. The van der Waals surface area contributed by atoms with Gasteiger partial charge in [-0.15, -0.1) is 0 Å². The molecule has 0 aromatic heterocycles. The summed E-state index contributed by atoms with van der Waals surface area (Å²) in [6, 6.07) is -0.540. The van der Waals surface area contributed by atoms with Crippen molar-refractivity contribution in [1.82, 2.24) is 5.32 Å². The Bertz CT molecular complexity index is 1240. The molecular weight excluding hydrogens is 1040 g/mol. The molecule has 0 spiro atoms. The number of hydrogen-bond donors (Lipinski definition) is 3. The van der Waals surface area contributed by atoms with E-state index in [1.807, 2.05) is 0 Å². The van der Waals surface area contributed by atoms with Crippen LogP contribution in [0.2, 0.25) is 0 Å². The standard InChI is InChI=1S/C79H157NO5/c1-3-5-7-9-11-13-15-17-19-21-22-23-24-30-33-36-40-43-47-51-55-59-63-67-71-77(82)76(75-81)80-78(83)72-68-64-60-56-52-48-44-41-37-34-31-28-26-25-27-29-32-35-38-42-46-50-54-58-62-66-70-74-85-79(84)73-69-65-61-57-53-49-45-39-20-18-16-14-12-10-8-6-4-2/h76-77,81-82H,3-75H2,1-2H3,(H,80,83). The Morgan fingerprint density at radius 1 is 0.282 bits per heavy atom. The van der Waals surface area contributed by atoms with E-state index in [0.717, 1.165) is 38.5 Å². The summed E-state index contributed by atoms with van der Waals surface area (Å²) in [7, 11) is 0. The lowest BCUT2D eigenvalue weighted by Gasteiger charge is -2.22. The smallest absolute Gasteiger partial charge is 0.305 e. The molecule has 6 heteroatoms. The monoisotopic (exact) mass is 1200 g/mol. The normalized spacial score (nSPS) is 12.4. The summed E-state index contributed by atoms with van der Waals surface area (Å²) in [5, 5.41) is 23.5. The number of ether oxygens (including phenoxy) is 1. The predicted octanol–water partition coefficient (Wildman–Crippen LogP) is 26.1. The quantitative estimate of drug-likeness (QED) is 0.0417. The van der Waals surface area contributed by atoms with Crippen LogP contribution in [0.4, 0.5) is 0 Å². The summed E-state index contributed by atoms with van der Waals surface area (Å²) >= 11 is 0. The zero-order valence-electron chi connectivity index (χ0n) is 58.4. The highest BCUT2D eigenvalue weighted by Gasteiger charge is 2.20. The van der Waals surface area contributed by atoms with Crippen molar-refractivity contribution in [3.8, 4) is 0 Å². The van der Waals surface area contributed by atoms with E-state index >= 15 is 0 Å². The van der Waals surface area contributed by atoms with E-state index in [0.29, 0.717) is 25.9 Å². The highest BCUT2D eigenvalue weighted by Crippen LogP contribution is 2.21. The Kier molecular flexibility index (Phi) is 74.3. The Morgan fingerprint density at radius 3 is 0.718 bits per heavy atom. The molecule has 508 valence electrons. The highest BCUT2D eigenvalue weighted by molar-refractivity contribution is 5.76. The number of amides is 1. The van der Waals surface area contributed by atoms with Gasteiger partial charge in [0.15, 0.2) is 0 Å². The third kappa shape index (κ3) is 71.8. The maximum atomic E-state index is 12.6. The summed E-state index contributed by atoms with van der Waals surface area (Å²) in [6.45, 7) is 5.02. The Hall–Kier alpha value is -1.14. The number of esters is 1. The van der Waals surface area contributed by atoms with Gasteiger partial charge in [0.25, 0.3) is 0 Å². The van der Waals surface area contributed by atoms with Crippen molar-refractivity contribution >= 4 is 11.9 Å². The molecule has 0 aromatic rings. The molecule has 85 heavy (non-hydrogen) atoms. The van der Waals surface area contributed by atoms with Crippen LogP contribution >= 0.6 is 0 Å². The van der Waals surface area contributed by atoms with Gasteiger partial charge in [-0.25, -0.2) is 0 Å². The van der Waals surface area contributed by atoms with Crippen molar-refractivity contribution in [2.24, 2.45) is 0 Å². The third-order valence-electron chi connectivity index (χ3n) is 19.2. The van der Waals surface area contributed by atoms with Crippen LogP contribution in [0.1, 0.15) is 470 Å². The minimum Gasteiger partial charge on any atom is -0.466 e. The lowest BCUT2D eigenvalue weighted by Crippen LogP contribution is -2.45. The van der Waals surface area contributed by atoms with Crippen molar-refractivity contribution in [1.29, 1.82) is 0 Å². The SMILES string of the molecule is CCCCCCCCCCCCCCCCCCCCCCCCCCC(O)C(CO)NC(=O)CCCCCCCCCCCCCCCCCCCCCCCCCCCCCOC(=O)CCCCCCCCCCCCCCCCCCC. The molecular formula is C79H157NO5. The molecule has 0 aliphatic rings. The Balaban J connectivity index is 3.33. The number of nitrogens with one attached hydrogen (secondary N) is 1. The number of hydrogen-bond acceptors (Lipinski definition) is 5. The number of rotatable bonds is 76. The van der Waals surface area contributed by atoms with E-state index in [4.69, 9.17) is 4.74 Å². The van der Waals surface area contributed by atoms with Crippen molar-refractivity contribution in [2.75, 3.05) is 13.2 Å². The summed E-state index contributed by atoms with van der Waals surface area (Å²) in [4.78, 5) is 24.7. The number of unbranched alkanes of at least 4 members (excludes halogenated alkanes) is 65. The van der Waals surface area contributed by atoms with Crippen molar-refractivity contribution in [3.63, 3.8) is 0 Å². The van der Waals surface area contributed by atoms with Crippen LogP contribution in [0, 0.1) is 0 Å². The molecule has 0 aliphatic carbocycles. The topological polar surface area (TPSA) is 95.9 Å². The third-order valence-corrected chi connectivity index (χ3v) is 19.2. The van der Waals surface area contributed by atoms with Crippen LogP contribution < -0.4 is 5.32 Å². The summed E-state index contributed by atoms with van der Waals surface area (Å²) in [5.74, 6) is -0.00175. The fourth-order valence-electron chi connectivity index (χ4n) is 13.1. The zero-order valence-corrected chi connectivity index (χ0v) is 58.4. The van der Waals surface area contributed by atoms with E-state index in [-0.39, 0.29) is 18.5 Å². The van der Waals surface area contributed by atoms with Gasteiger partial charge in [0.1, 0.15) is 0 Å². The molecule has 2 atom stereocenters. The van der Waals surface area contributed by atoms with E-state index in [2.05, 4.69) is 19.2 Å². The summed E-state index contributed by atoms with van der Waals surface area (Å²) in [5.41, 5.74) is 0. The fraction of sp³-hybridized carbons (Fsp3) is 0.975. The van der Waals surface area contributed by atoms with Crippen LogP contribution in [0.5, 0.6) is 0 Å². The van der Waals surface area contributed by atoms with Crippen molar-refractivity contribution in [3.05, 3.63) is 0 Å². The molecule has 0 bridgehead atoms. The summed E-state index contributed by atoms with van der Waals surface area (Å²) in [6.07, 6.45) is 93.3. The first kappa shape index (κ1) is 83.9. The van der Waals surface area contributed by atoms with Crippen LogP contribution in [0.15, 0.2) is 0 Å². The van der Waals surface area contributed by atoms with Gasteiger partial charge in [-0.05, 0) is 25.7 Å². The number of aliphatic hydroxyl groups is 2. The molecule has 1 amide bonds. The first-order valence-electron chi connectivity index (χ1n) is 39.8. The van der Waals surface area contributed by atoms with E-state index in [1.54, 1.807) is 0 Å². The maximum Gasteiger partial charge on any atom is 0.305 e. The molecule has 2 unspecified atom stereocenters. The molecule has 0 fully saturated rings. The van der Waals surface area contributed by atoms with Crippen LogP contribution in [0.25, 0.3) is 0 Å². The Labute approximate surface area is 534 Å². The highest BCUT2D eigenvalue weighted by atomic mass is 16.5. The van der Waals surface area contributed by atoms with Crippen molar-refractivity contribution in [2.45, 2.75) is 482 Å². The van der Waals surface area contributed by atoms with Gasteiger partial charge < -0.3 is 20.3 Å². The molecule has 3 N–H and O–H groups in total. The minimum absolute atomic E-state index is 0.0238. The van der Waals surface area contributed by atoms with Gasteiger partial charge in [0, 0.05) is 12.8 Å². The molecule has 0 saturated carbocycles. The summed E-state index contributed by atoms with van der Waals surface area (Å²) < 4.78 is 5.52. The van der Waals surface area contributed by atoms with Gasteiger partial charge in [0.05, 0.1) is 25.4 Å². The van der Waals surface area contributed by atoms with Crippen LogP contribution in [-0.2, 0) is 14.3 Å². The number of carbonyl (C=O) groups excluding carboxylic acids is 2. The number of aliphatic hydroxyl groups excluding tert-OH is 2. The van der Waals surface area contributed by atoms with Crippen LogP contribution in [-0.4, -0.2) is 47.4 Å². The molecule has 0 radical (unpaired) electrons. The molecule has 0 heterocycles. The second kappa shape index (κ2) is 75.3. The molecule has 0 aromatic carbocycles. The second-order valence-electron chi connectivity index (χ2n) is 27.8. The fourth-order valence-corrected chi connectivity index (χ4v) is 13.1. The van der Waals surface area contributed by atoms with Gasteiger partial charge in [-0.3, -0.25) is 9.59 Å².